The van der Waals surface area contributed by atoms with Crippen LogP contribution in [0.2, 0.25) is 0 Å². The minimum absolute atomic E-state index is 0.234. The van der Waals surface area contributed by atoms with Crippen LogP contribution in [0.1, 0.15) is 76.1 Å². The summed E-state index contributed by atoms with van der Waals surface area (Å²) >= 11 is 0. The van der Waals surface area contributed by atoms with Gasteiger partial charge < -0.3 is 14.4 Å². The summed E-state index contributed by atoms with van der Waals surface area (Å²) in [6.07, 6.45) is 5.14. The van der Waals surface area contributed by atoms with Gasteiger partial charge in [-0.05, 0) is 58.1 Å². The highest BCUT2D eigenvalue weighted by Crippen LogP contribution is 2.29. The van der Waals surface area contributed by atoms with Gasteiger partial charge in [-0.1, -0.05) is 24.3 Å². The van der Waals surface area contributed by atoms with Crippen LogP contribution in [0.4, 0.5) is 4.79 Å². The van der Waals surface area contributed by atoms with Crippen molar-refractivity contribution in [2.24, 2.45) is 7.05 Å². The molecular weight excluding hydrogens is 408 g/mol. The first-order chi connectivity index (χ1) is 15.2. The zero-order valence-corrected chi connectivity index (χ0v) is 19.8. The van der Waals surface area contributed by atoms with Crippen molar-refractivity contribution in [2.45, 2.75) is 77.9 Å². The Morgan fingerprint density at radius 3 is 2.69 bits per heavy atom. The van der Waals surface area contributed by atoms with Crippen molar-refractivity contribution in [2.75, 3.05) is 6.54 Å². The molecule has 1 aliphatic rings. The highest BCUT2D eigenvalue weighted by Gasteiger charge is 2.27. The number of fused-ring (bicyclic) bond motifs is 1. The molecule has 1 unspecified atom stereocenters. The van der Waals surface area contributed by atoms with E-state index in [1.165, 1.54) is 0 Å². The standard InChI is InChI=1S/C24H34N4O4/c1-6-17(20-16-27(5)26-25-20)9-8-12-22(29)31-21-11-7-10-18-15-28(14-13-19(18)21)23(30)32-24(2,3)4/h7,10-11,16-17H,6,8-9,12-15H2,1-5H3. The predicted molar refractivity (Wildman–Crippen MR) is 120 cm³/mol. The van der Waals surface area contributed by atoms with Gasteiger partial charge in [0.15, 0.2) is 0 Å². The third-order valence-corrected chi connectivity index (χ3v) is 5.56. The average molecular weight is 443 g/mol. The SMILES string of the molecule is CCC(CCCC(=O)Oc1cccc2c1CCN(C(=O)OC(C)(C)C)C2)c1cn(C)nn1. The average Bonchev–Trinajstić information content (AvgIpc) is 3.16. The molecule has 0 bridgehead atoms. The van der Waals surface area contributed by atoms with E-state index < -0.39 is 5.60 Å². The van der Waals surface area contributed by atoms with Gasteiger partial charge in [0.2, 0.25) is 0 Å². The van der Waals surface area contributed by atoms with Gasteiger partial charge in [0, 0.05) is 44.2 Å². The van der Waals surface area contributed by atoms with Crippen LogP contribution in [-0.4, -0.2) is 44.1 Å². The molecule has 8 heteroatoms. The number of benzene rings is 1. The molecule has 1 atom stereocenters. The molecule has 1 aliphatic heterocycles. The van der Waals surface area contributed by atoms with Crippen molar-refractivity contribution in [3.05, 3.63) is 41.2 Å². The smallest absolute Gasteiger partial charge is 0.410 e. The predicted octanol–water partition coefficient (Wildman–Crippen LogP) is 4.38. The second kappa shape index (κ2) is 10.1. The van der Waals surface area contributed by atoms with Gasteiger partial charge in [0.25, 0.3) is 0 Å². The molecule has 0 radical (unpaired) electrons. The third-order valence-electron chi connectivity index (χ3n) is 5.56. The van der Waals surface area contributed by atoms with Crippen LogP contribution in [0.5, 0.6) is 5.75 Å². The zero-order valence-electron chi connectivity index (χ0n) is 19.8. The number of rotatable bonds is 7. The van der Waals surface area contributed by atoms with Crippen molar-refractivity contribution in [3.63, 3.8) is 0 Å². The Balaban J connectivity index is 1.54. The van der Waals surface area contributed by atoms with E-state index in [0.29, 0.717) is 37.6 Å². The van der Waals surface area contributed by atoms with E-state index in [0.717, 1.165) is 36.1 Å². The maximum atomic E-state index is 12.5. The number of amides is 1. The number of ether oxygens (including phenoxy) is 2. The molecule has 32 heavy (non-hydrogen) atoms. The highest BCUT2D eigenvalue weighted by atomic mass is 16.6. The van der Waals surface area contributed by atoms with E-state index in [9.17, 15) is 9.59 Å². The Hall–Kier alpha value is -2.90. The van der Waals surface area contributed by atoms with Gasteiger partial charge >= 0.3 is 12.1 Å². The van der Waals surface area contributed by atoms with Crippen LogP contribution >= 0.6 is 0 Å². The molecule has 1 amide bonds. The fourth-order valence-corrected chi connectivity index (χ4v) is 3.93. The molecule has 1 aromatic carbocycles. The molecule has 2 heterocycles. The van der Waals surface area contributed by atoms with Crippen LogP contribution in [-0.2, 0) is 29.5 Å². The van der Waals surface area contributed by atoms with Gasteiger partial charge in [-0.3, -0.25) is 9.48 Å². The summed E-state index contributed by atoms with van der Waals surface area (Å²) in [4.78, 5) is 26.6. The van der Waals surface area contributed by atoms with Crippen LogP contribution in [0.15, 0.2) is 24.4 Å². The molecule has 8 nitrogen and oxygen atoms in total. The summed E-state index contributed by atoms with van der Waals surface area (Å²) in [5.41, 5.74) is 2.42. The fourth-order valence-electron chi connectivity index (χ4n) is 3.93. The van der Waals surface area contributed by atoms with E-state index in [-0.39, 0.29) is 12.1 Å². The lowest BCUT2D eigenvalue weighted by Crippen LogP contribution is -2.40. The zero-order chi connectivity index (χ0) is 23.3. The third kappa shape index (κ3) is 6.31. The van der Waals surface area contributed by atoms with Crippen molar-refractivity contribution >= 4 is 12.1 Å². The van der Waals surface area contributed by atoms with Crippen molar-refractivity contribution < 1.29 is 19.1 Å². The second-order valence-corrected chi connectivity index (χ2v) is 9.33. The van der Waals surface area contributed by atoms with Gasteiger partial charge in [-0.15, -0.1) is 5.10 Å². The number of carbonyl (C=O) groups excluding carboxylic acids is 2. The number of aryl methyl sites for hydroxylation is 1. The Morgan fingerprint density at radius 2 is 2.03 bits per heavy atom. The van der Waals surface area contributed by atoms with E-state index >= 15 is 0 Å². The van der Waals surface area contributed by atoms with E-state index in [2.05, 4.69) is 17.2 Å². The van der Waals surface area contributed by atoms with Crippen molar-refractivity contribution in [1.82, 2.24) is 19.9 Å². The first kappa shape index (κ1) is 23.8. The first-order valence-corrected chi connectivity index (χ1v) is 11.3. The first-order valence-electron chi connectivity index (χ1n) is 11.3. The lowest BCUT2D eigenvalue weighted by molar-refractivity contribution is -0.134. The topological polar surface area (TPSA) is 86.5 Å². The Labute approximate surface area is 189 Å². The fraction of sp³-hybridized carbons (Fsp3) is 0.583. The van der Waals surface area contributed by atoms with Crippen LogP contribution < -0.4 is 4.74 Å². The van der Waals surface area contributed by atoms with Crippen LogP contribution in [0.3, 0.4) is 0 Å². The lowest BCUT2D eigenvalue weighted by Gasteiger charge is -2.31. The highest BCUT2D eigenvalue weighted by molar-refractivity contribution is 5.73. The molecule has 0 N–H and O–H groups in total. The Kier molecular flexibility index (Phi) is 7.53. The van der Waals surface area contributed by atoms with Crippen LogP contribution in [0, 0.1) is 0 Å². The van der Waals surface area contributed by atoms with Gasteiger partial charge in [0.1, 0.15) is 11.4 Å². The molecule has 0 fully saturated rings. The minimum Gasteiger partial charge on any atom is -0.444 e. The maximum Gasteiger partial charge on any atom is 0.410 e. The molecular formula is C24H34N4O4. The summed E-state index contributed by atoms with van der Waals surface area (Å²) < 4.78 is 12.9. The maximum absolute atomic E-state index is 12.5. The molecule has 0 saturated heterocycles. The monoisotopic (exact) mass is 442 g/mol. The summed E-state index contributed by atoms with van der Waals surface area (Å²) in [7, 11) is 1.86. The number of aromatic nitrogens is 3. The molecule has 0 saturated carbocycles. The summed E-state index contributed by atoms with van der Waals surface area (Å²) in [6.45, 7) is 8.68. The number of hydrogen-bond acceptors (Lipinski definition) is 6. The number of hydrogen-bond donors (Lipinski definition) is 0. The minimum atomic E-state index is -0.529. The molecule has 2 aromatic rings. The van der Waals surface area contributed by atoms with Crippen molar-refractivity contribution in [3.8, 4) is 5.75 Å². The summed E-state index contributed by atoms with van der Waals surface area (Å²) in [5.74, 6) is 0.652. The molecule has 1 aromatic heterocycles. The molecule has 0 spiro atoms. The normalized spacial score (nSPS) is 14.6. The molecule has 174 valence electrons. The molecule has 3 rings (SSSR count). The van der Waals surface area contributed by atoms with Crippen LogP contribution in [0.25, 0.3) is 0 Å². The molecule has 0 aliphatic carbocycles. The lowest BCUT2D eigenvalue weighted by atomic mass is 9.96. The van der Waals surface area contributed by atoms with E-state index in [1.54, 1.807) is 9.58 Å². The van der Waals surface area contributed by atoms with Crippen molar-refractivity contribution in [1.29, 1.82) is 0 Å². The number of carbonyl (C=O) groups is 2. The Bertz CT molecular complexity index is 948. The number of esters is 1. The Morgan fingerprint density at radius 1 is 1.25 bits per heavy atom. The quantitative estimate of drug-likeness (QED) is 0.467. The number of nitrogens with zero attached hydrogens (tertiary/aromatic N) is 4. The van der Waals surface area contributed by atoms with Gasteiger partial charge in [-0.25, -0.2) is 4.79 Å². The summed E-state index contributed by atoms with van der Waals surface area (Å²) in [6, 6.07) is 5.66. The van der Waals surface area contributed by atoms with Gasteiger partial charge in [-0.2, -0.15) is 0 Å². The second-order valence-electron chi connectivity index (χ2n) is 9.33. The largest absolute Gasteiger partial charge is 0.444 e. The van der Waals surface area contributed by atoms with E-state index in [1.807, 2.05) is 52.2 Å². The van der Waals surface area contributed by atoms with Gasteiger partial charge in [0.05, 0.1) is 5.69 Å². The van der Waals surface area contributed by atoms with E-state index in [4.69, 9.17) is 9.47 Å². The summed E-state index contributed by atoms with van der Waals surface area (Å²) in [5, 5.41) is 8.20.